The van der Waals surface area contributed by atoms with Crippen LogP contribution in [0.4, 0.5) is 5.69 Å². The fraction of sp³-hybridized carbons (Fsp3) is 0.227. The Morgan fingerprint density at radius 2 is 1.73 bits per heavy atom. The van der Waals surface area contributed by atoms with Crippen molar-refractivity contribution in [1.29, 1.82) is 0 Å². The molecular weight excluding hydrogens is 324 g/mol. The lowest BCUT2D eigenvalue weighted by atomic mass is 10.0. The molecule has 26 heavy (non-hydrogen) atoms. The van der Waals surface area contributed by atoms with Gasteiger partial charge in [-0.25, -0.2) is 0 Å². The average Bonchev–Trinajstić information content (AvgIpc) is 2.69. The van der Waals surface area contributed by atoms with Crippen LogP contribution in [-0.4, -0.2) is 37.6 Å². The number of fused-ring (bicyclic) bond motifs is 1. The number of ether oxygens (including phenoxy) is 1. The lowest BCUT2D eigenvalue weighted by molar-refractivity contribution is -0.921. The number of quaternary nitrogens is 1. The van der Waals surface area contributed by atoms with Gasteiger partial charge in [-0.15, -0.1) is 0 Å². The summed E-state index contributed by atoms with van der Waals surface area (Å²) in [4.78, 5) is 6.13. The maximum absolute atomic E-state index is 10.2. The second-order valence-electron chi connectivity index (χ2n) is 6.68. The van der Waals surface area contributed by atoms with Gasteiger partial charge in [0.1, 0.15) is 25.4 Å². The van der Waals surface area contributed by atoms with Gasteiger partial charge in [-0.05, 0) is 29.0 Å². The number of morpholine rings is 1. The Morgan fingerprint density at radius 3 is 2.54 bits per heavy atom. The van der Waals surface area contributed by atoms with Gasteiger partial charge in [0.2, 0.25) is 0 Å². The van der Waals surface area contributed by atoms with E-state index >= 15 is 0 Å². The first kappa shape index (κ1) is 16.8. The summed E-state index contributed by atoms with van der Waals surface area (Å²) < 4.78 is 5.41. The van der Waals surface area contributed by atoms with Crippen molar-refractivity contribution < 1.29 is 14.7 Å². The number of phenols is 1. The molecule has 0 unspecified atom stereocenters. The molecule has 0 aromatic heterocycles. The molecule has 0 saturated carbocycles. The van der Waals surface area contributed by atoms with Crippen molar-refractivity contribution in [1.82, 2.24) is 0 Å². The molecular formula is C22H23N2O2+. The lowest BCUT2D eigenvalue weighted by Gasteiger charge is -2.23. The summed E-state index contributed by atoms with van der Waals surface area (Å²) in [5, 5.41) is 12.3. The molecule has 1 aliphatic heterocycles. The van der Waals surface area contributed by atoms with Gasteiger partial charge < -0.3 is 14.7 Å². The highest BCUT2D eigenvalue weighted by Gasteiger charge is 2.13. The predicted molar refractivity (Wildman–Crippen MR) is 105 cm³/mol. The van der Waals surface area contributed by atoms with E-state index in [1.807, 2.05) is 42.5 Å². The molecule has 4 heteroatoms. The molecule has 1 heterocycles. The van der Waals surface area contributed by atoms with Crippen molar-refractivity contribution in [2.24, 2.45) is 4.99 Å². The largest absolute Gasteiger partial charge is 0.507 e. The smallest absolute Gasteiger partial charge is 0.124 e. The van der Waals surface area contributed by atoms with Crippen LogP contribution in [0.2, 0.25) is 0 Å². The molecule has 3 aromatic carbocycles. The third-order valence-electron chi connectivity index (χ3n) is 4.88. The number of benzene rings is 3. The summed E-state index contributed by atoms with van der Waals surface area (Å²) in [7, 11) is 0. The summed E-state index contributed by atoms with van der Waals surface area (Å²) in [6.45, 7) is 4.87. The first-order valence-corrected chi connectivity index (χ1v) is 9.05. The van der Waals surface area contributed by atoms with E-state index in [4.69, 9.17) is 4.74 Å². The maximum Gasteiger partial charge on any atom is 0.124 e. The number of phenolic OH excluding ortho intramolecular Hbond substituents is 1. The van der Waals surface area contributed by atoms with Crippen LogP contribution in [0.3, 0.4) is 0 Å². The Balaban J connectivity index is 1.51. The van der Waals surface area contributed by atoms with Crippen molar-refractivity contribution in [3.8, 4) is 5.75 Å². The molecule has 0 bridgehead atoms. The second kappa shape index (κ2) is 7.68. The zero-order valence-corrected chi connectivity index (χ0v) is 14.7. The number of aliphatic imine (C=N–C) groups is 1. The fourth-order valence-electron chi connectivity index (χ4n) is 3.38. The van der Waals surface area contributed by atoms with E-state index in [2.05, 4.69) is 17.1 Å². The monoisotopic (exact) mass is 347 g/mol. The van der Waals surface area contributed by atoms with Gasteiger partial charge in [0.15, 0.2) is 0 Å². The maximum atomic E-state index is 10.2. The van der Waals surface area contributed by atoms with E-state index in [0.717, 1.165) is 54.9 Å². The van der Waals surface area contributed by atoms with Gasteiger partial charge >= 0.3 is 0 Å². The summed E-state index contributed by atoms with van der Waals surface area (Å²) in [6, 6.07) is 20.0. The van der Waals surface area contributed by atoms with Crippen molar-refractivity contribution in [3.05, 3.63) is 71.8 Å². The zero-order valence-electron chi connectivity index (χ0n) is 14.7. The molecule has 2 N–H and O–H groups in total. The normalized spacial score (nSPS) is 15.7. The highest BCUT2D eigenvalue weighted by Crippen LogP contribution is 2.26. The van der Waals surface area contributed by atoms with Gasteiger partial charge in [0.05, 0.1) is 18.9 Å². The molecule has 4 rings (SSSR count). The lowest BCUT2D eigenvalue weighted by Crippen LogP contribution is -3.12. The van der Waals surface area contributed by atoms with Gasteiger partial charge in [0.25, 0.3) is 0 Å². The van der Waals surface area contributed by atoms with E-state index < -0.39 is 0 Å². The molecule has 0 atom stereocenters. The molecule has 1 aliphatic rings. The molecule has 0 radical (unpaired) electrons. The number of rotatable bonds is 4. The van der Waals surface area contributed by atoms with Crippen LogP contribution >= 0.6 is 0 Å². The first-order valence-electron chi connectivity index (χ1n) is 9.05. The third kappa shape index (κ3) is 3.77. The highest BCUT2D eigenvalue weighted by molar-refractivity contribution is 6.02. The van der Waals surface area contributed by atoms with E-state index in [0.29, 0.717) is 0 Å². The number of hydrogen-bond acceptors (Lipinski definition) is 3. The Bertz CT molecular complexity index is 913. The fourth-order valence-corrected chi connectivity index (χ4v) is 3.38. The van der Waals surface area contributed by atoms with Crippen LogP contribution < -0.4 is 4.90 Å². The third-order valence-corrected chi connectivity index (χ3v) is 4.88. The summed E-state index contributed by atoms with van der Waals surface area (Å²) in [6.07, 6.45) is 1.75. The Morgan fingerprint density at radius 1 is 0.962 bits per heavy atom. The number of nitrogens with zero attached hydrogens (tertiary/aromatic N) is 1. The Kier molecular flexibility index (Phi) is 4.95. The van der Waals surface area contributed by atoms with E-state index in [1.165, 1.54) is 5.56 Å². The van der Waals surface area contributed by atoms with Crippen LogP contribution in [0.15, 0.2) is 65.7 Å². The van der Waals surface area contributed by atoms with Crippen molar-refractivity contribution in [3.63, 3.8) is 0 Å². The highest BCUT2D eigenvalue weighted by atomic mass is 16.5. The second-order valence-corrected chi connectivity index (χ2v) is 6.68. The number of hydrogen-bond donors (Lipinski definition) is 2. The molecule has 1 saturated heterocycles. The van der Waals surface area contributed by atoms with Crippen LogP contribution in [0.5, 0.6) is 5.75 Å². The SMILES string of the molecule is Oc1ccc2ccccc2c1C=Nc1ccc(C[NH+]2CCOCC2)cc1. The minimum absolute atomic E-state index is 0.250. The topological polar surface area (TPSA) is 46.3 Å². The Labute approximate surface area is 153 Å². The minimum atomic E-state index is 0.250. The van der Waals surface area contributed by atoms with Gasteiger partial charge in [-0.3, -0.25) is 4.99 Å². The van der Waals surface area contributed by atoms with Crippen LogP contribution in [0, 0.1) is 0 Å². The Hall–Kier alpha value is -2.69. The molecule has 0 spiro atoms. The van der Waals surface area contributed by atoms with Crippen molar-refractivity contribution in [2.75, 3.05) is 26.3 Å². The zero-order chi connectivity index (χ0) is 17.8. The molecule has 0 amide bonds. The molecule has 0 aliphatic carbocycles. The van der Waals surface area contributed by atoms with E-state index in [9.17, 15) is 5.11 Å². The first-order chi connectivity index (χ1) is 12.8. The quantitative estimate of drug-likeness (QED) is 0.713. The molecule has 3 aromatic rings. The minimum Gasteiger partial charge on any atom is -0.507 e. The van der Waals surface area contributed by atoms with Gasteiger partial charge in [-0.2, -0.15) is 0 Å². The molecule has 4 nitrogen and oxygen atoms in total. The van der Waals surface area contributed by atoms with E-state index in [-0.39, 0.29) is 5.75 Å². The number of nitrogens with one attached hydrogen (secondary N) is 1. The van der Waals surface area contributed by atoms with Crippen LogP contribution in [0.25, 0.3) is 10.8 Å². The van der Waals surface area contributed by atoms with Gasteiger partial charge in [0, 0.05) is 17.3 Å². The number of aromatic hydroxyl groups is 1. The van der Waals surface area contributed by atoms with Gasteiger partial charge in [-0.1, -0.05) is 42.5 Å². The molecule has 1 fully saturated rings. The molecule has 132 valence electrons. The summed E-state index contributed by atoms with van der Waals surface area (Å²) in [5.74, 6) is 0.250. The predicted octanol–water partition coefficient (Wildman–Crippen LogP) is 2.71. The standard InChI is InChI=1S/C22H22N2O2/c25-22-10-7-18-3-1-2-4-20(18)21(22)15-23-19-8-5-17(6-9-19)16-24-11-13-26-14-12-24/h1-10,15,25H,11-14,16H2/p+1. The van der Waals surface area contributed by atoms with Crippen LogP contribution in [0.1, 0.15) is 11.1 Å². The average molecular weight is 347 g/mol. The van der Waals surface area contributed by atoms with E-state index in [1.54, 1.807) is 17.2 Å². The van der Waals surface area contributed by atoms with Crippen molar-refractivity contribution in [2.45, 2.75) is 6.54 Å². The summed E-state index contributed by atoms with van der Waals surface area (Å²) >= 11 is 0. The van der Waals surface area contributed by atoms with Crippen molar-refractivity contribution >= 4 is 22.7 Å². The summed E-state index contributed by atoms with van der Waals surface area (Å²) in [5.41, 5.74) is 2.96. The van der Waals surface area contributed by atoms with Crippen LogP contribution in [-0.2, 0) is 11.3 Å².